The Morgan fingerprint density at radius 1 is 0.618 bits per heavy atom. The molecule has 0 unspecified atom stereocenters. The van der Waals surface area contributed by atoms with Gasteiger partial charge in [-0.3, -0.25) is 12.2 Å². The van der Waals surface area contributed by atoms with Crippen LogP contribution in [0.1, 0.15) is 65.5 Å². The molecule has 0 aromatic heterocycles. The Morgan fingerprint density at radius 3 is 1.15 bits per heavy atom. The fraction of sp³-hybridized carbons (Fsp3) is 0.375. The predicted molar refractivity (Wildman–Crippen MR) is 148 cm³/mol. The van der Waals surface area contributed by atoms with Crippen molar-refractivity contribution in [2.75, 3.05) is 0 Å². The van der Waals surface area contributed by atoms with E-state index in [2.05, 4.69) is 140 Å². The first-order valence-corrected chi connectivity index (χ1v) is 20.0. The SMILES string of the molecule is CC(C)(C)C1=[C-]CC(c2ccccc2)=C1.CC(C)(C)C1=[C-]CC(c2ccccc2)=C1.C[Si](C)=[Hf+2]. The summed E-state index contributed by atoms with van der Waals surface area (Å²) < 4.78 is 0. The summed E-state index contributed by atoms with van der Waals surface area (Å²) in [5.41, 5.74) is 8.79. The molecule has 0 aliphatic heterocycles. The normalized spacial score (nSPS) is 15.1. The van der Waals surface area contributed by atoms with Crippen LogP contribution >= 0.6 is 0 Å². The van der Waals surface area contributed by atoms with Crippen LogP contribution in [0, 0.1) is 23.0 Å². The van der Waals surface area contributed by atoms with Crippen molar-refractivity contribution in [2.24, 2.45) is 10.8 Å². The zero-order valence-electron chi connectivity index (χ0n) is 22.3. The molecule has 2 aliphatic carbocycles. The van der Waals surface area contributed by atoms with E-state index in [9.17, 15) is 0 Å². The molecule has 0 amide bonds. The maximum absolute atomic E-state index is 3.47. The van der Waals surface area contributed by atoms with Gasteiger partial charge in [0, 0.05) is 0 Å². The molecule has 2 aliphatic rings. The minimum atomic E-state index is 0.219. The van der Waals surface area contributed by atoms with Crippen LogP contribution in [0.15, 0.2) is 84.0 Å². The molecular weight excluding hydrogens is 591 g/mol. The Morgan fingerprint density at radius 2 is 0.912 bits per heavy atom. The maximum atomic E-state index is 3.47. The Hall–Kier alpha value is -1.51. The molecule has 176 valence electrons. The molecule has 2 heteroatoms. The van der Waals surface area contributed by atoms with E-state index in [0.29, 0.717) is 0 Å². The second kappa shape index (κ2) is 13.0. The molecule has 0 atom stereocenters. The first-order chi connectivity index (χ1) is 15.9. The first kappa shape index (κ1) is 28.7. The molecule has 0 spiro atoms. The van der Waals surface area contributed by atoms with Gasteiger partial charge < -0.3 is 0 Å². The summed E-state index contributed by atoms with van der Waals surface area (Å²) in [4.78, 5) is 0. The molecule has 0 saturated carbocycles. The third kappa shape index (κ3) is 9.62. The van der Waals surface area contributed by atoms with Crippen molar-refractivity contribution in [1.82, 2.24) is 0 Å². The van der Waals surface area contributed by atoms with Crippen LogP contribution in [0.5, 0.6) is 0 Å². The molecule has 0 heterocycles. The van der Waals surface area contributed by atoms with Crippen LogP contribution in [0.25, 0.3) is 11.1 Å². The van der Waals surface area contributed by atoms with Crippen LogP contribution in [0.2, 0.25) is 13.1 Å². The van der Waals surface area contributed by atoms with E-state index in [1.165, 1.54) is 56.4 Å². The zero-order chi connectivity index (χ0) is 25.4. The molecule has 0 nitrogen and oxygen atoms in total. The summed E-state index contributed by atoms with van der Waals surface area (Å²) in [6.07, 6.45) is 13.4. The first-order valence-electron chi connectivity index (χ1n) is 12.1. The molecule has 0 N–H and O–H groups in total. The molecule has 34 heavy (non-hydrogen) atoms. The molecule has 0 bridgehead atoms. The van der Waals surface area contributed by atoms with Crippen molar-refractivity contribution in [3.8, 4) is 0 Å². The Labute approximate surface area is 224 Å². The molecule has 0 saturated heterocycles. The van der Waals surface area contributed by atoms with Gasteiger partial charge in [0.05, 0.1) is 0 Å². The number of rotatable bonds is 2. The monoisotopic (exact) mass is 632 g/mol. The van der Waals surface area contributed by atoms with Gasteiger partial charge in [-0.05, 0) is 22.0 Å². The number of benzene rings is 2. The fourth-order valence-corrected chi connectivity index (χ4v) is 3.57. The van der Waals surface area contributed by atoms with E-state index >= 15 is 0 Å². The van der Waals surface area contributed by atoms with E-state index in [-0.39, 0.29) is 16.3 Å². The molecule has 0 fully saturated rings. The summed E-state index contributed by atoms with van der Waals surface area (Å²) >= 11 is 1.45. The van der Waals surface area contributed by atoms with Crippen LogP contribution in [-0.4, -0.2) is 5.49 Å². The van der Waals surface area contributed by atoms with Crippen molar-refractivity contribution < 1.29 is 23.0 Å². The minimum absolute atomic E-state index is 0.219. The van der Waals surface area contributed by atoms with E-state index < -0.39 is 0 Å². The fourth-order valence-electron chi connectivity index (χ4n) is 3.57. The van der Waals surface area contributed by atoms with Gasteiger partial charge in [-0.15, -0.1) is 24.0 Å². The summed E-state index contributed by atoms with van der Waals surface area (Å²) in [6.45, 7) is 18.1. The van der Waals surface area contributed by atoms with Crippen molar-refractivity contribution >= 4 is 16.6 Å². The predicted octanol–water partition coefficient (Wildman–Crippen LogP) is 9.28. The summed E-state index contributed by atoms with van der Waals surface area (Å²) in [5.74, 6) is 0. The standard InChI is InChI=1S/2C15H17.C2H6Si.Hf/c2*1-15(2,3)14-10-9-13(11-14)12-7-5-4-6-8-12;1-3-2;/h2*4-8,11H,9H2,1-3H3;1-2H3;/q2*-1;;+2. The van der Waals surface area contributed by atoms with Crippen LogP contribution in [0.4, 0.5) is 0 Å². The third-order valence-electron chi connectivity index (χ3n) is 5.48. The van der Waals surface area contributed by atoms with Crippen molar-refractivity contribution in [2.45, 2.75) is 67.5 Å². The van der Waals surface area contributed by atoms with E-state index in [0.717, 1.165) is 12.8 Å². The summed E-state index contributed by atoms with van der Waals surface area (Å²) in [5, 5.41) is 0. The summed E-state index contributed by atoms with van der Waals surface area (Å²) in [6, 6.07) is 21.1. The Bertz CT molecular complexity index is 982. The van der Waals surface area contributed by atoms with E-state index in [4.69, 9.17) is 0 Å². The molecular formula is C32H40HfSi. The van der Waals surface area contributed by atoms with Gasteiger partial charge >= 0.3 is 41.6 Å². The molecule has 2 aromatic rings. The van der Waals surface area contributed by atoms with Gasteiger partial charge in [0.25, 0.3) is 0 Å². The third-order valence-corrected chi connectivity index (χ3v) is 5.48. The number of hydrogen-bond acceptors (Lipinski definition) is 0. The second-order valence-electron chi connectivity index (χ2n) is 11.1. The Balaban J connectivity index is 0.000000208. The van der Waals surface area contributed by atoms with Gasteiger partial charge in [0.1, 0.15) is 0 Å². The zero-order valence-corrected chi connectivity index (χ0v) is 26.9. The van der Waals surface area contributed by atoms with Crippen LogP contribution < -0.4 is 0 Å². The average molecular weight is 631 g/mol. The average Bonchev–Trinajstić information content (AvgIpc) is 3.45. The second-order valence-corrected chi connectivity index (χ2v) is 23.9. The van der Waals surface area contributed by atoms with E-state index in [1.54, 1.807) is 0 Å². The molecule has 0 radical (unpaired) electrons. The van der Waals surface area contributed by atoms with Gasteiger partial charge in [-0.1, -0.05) is 102 Å². The summed E-state index contributed by atoms with van der Waals surface area (Å²) in [7, 11) is 0. The molecule has 4 rings (SSSR count). The van der Waals surface area contributed by atoms with Crippen LogP contribution in [0.3, 0.4) is 0 Å². The van der Waals surface area contributed by atoms with Gasteiger partial charge in [0.15, 0.2) is 0 Å². The topological polar surface area (TPSA) is 0 Å². The van der Waals surface area contributed by atoms with Crippen molar-refractivity contribution in [3.05, 3.63) is 107 Å². The van der Waals surface area contributed by atoms with Gasteiger partial charge in [-0.2, -0.15) is 0 Å². The molecule has 2 aromatic carbocycles. The van der Waals surface area contributed by atoms with Crippen LogP contribution in [-0.2, 0) is 23.0 Å². The van der Waals surface area contributed by atoms with Gasteiger partial charge in [0.2, 0.25) is 0 Å². The number of allylic oxidation sites excluding steroid dienone is 8. The quantitative estimate of drug-likeness (QED) is 0.229. The van der Waals surface area contributed by atoms with E-state index in [1.807, 2.05) is 0 Å². The number of hydrogen-bond donors (Lipinski definition) is 0. The van der Waals surface area contributed by atoms with Crippen molar-refractivity contribution in [3.63, 3.8) is 0 Å². The van der Waals surface area contributed by atoms with Gasteiger partial charge in [-0.25, -0.2) is 23.3 Å². The van der Waals surface area contributed by atoms with Crippen molar-refractivity contribution in [1.29, 1.82) is 0 Å². The Kier molecular flexibility index (Phi) is 11.0.